The highest BCUT2D eigenvalue weighted by atomic mass is 16.2. The Balaban J connectivity index is 1.68. The molecule has 1 aliphatic carbocycles. The van der Waals surface area contributed by atoms with Gasteiger partial charge in [-0.1, -0.05) is 30.3 Å². The third kappa shape index (κ3) is 4.64. The van der Waals surface area contributed by atoms with Gasteiger partial charge < -0.3 is 10.2 Å². The summed E-state index contributed by atoms with van der Waals surface area (Å²) in [6.45, 7) is 0.951. The summed E-state index contributed by atoms with van der Waals surface area (Å²) in [5.41, 5.74) is 1.34. The van der Waals surface area contributed by atoms with Crippen LogP contribution in [0, 0.1) is 5.92 Å². The van der Waals surface area contributed by atoms with Gasteiger partial charge in [-0.3, -0.25) is 4.79 Å². The zero-order valence-electron chi connectivity index (χ0n) is 12.6. The van der Waals surface area contributed by atoms with E-state index in [-0.39, 0.29) is 5.91 Å². The topological polar surface area (TPSA) is 32.3 Å². The SMILES string of the molecule is CN(C)C(=O)CC1CCC(NCc2ccccc2)CC1. The molecule has 3 heteroatoms. The molecule has 110 valence electrons. The number of nitrogens with one attached hydrogen (secondary N) is 1. The molecule has 1 aromatic carbocycles. The summed E-state index contributed by atoms with van der Waals surface area (Å²) in [7, 11) is 3.69. The summed E-state index contributed by atoms with van der Waals surface area (Å²) in [5, 5.41) is 3.64. The number of hydrogen-bond donors (Lipinski definition) is 1. The summed E-state index contributed by atoms with van der Waals surface area (Å²) in [5.74, 6) is 0.852. The number of rotatable bonds is 5. The van der Waals surface area contributed by atoms with Crippen molar-refractivity contribution in [1.29, 1.82) is 0 Å². The molecule has 0 spiro atoms. The number of benzene rings is 1. The molecule has 0 radical (unpaired) electrons. The van der Waals surface area contributed by atoms with Gasteiger partial charge in [-0.2, -0.15) is 0 Å². The molecule has 1 fully saturated rings. The van der Waals surface area contributed by atoms with Gasteiger partial charge in [-0.15, -0.1) is 0 Å². The van der Waals surface area contributed by atoms with Crippen LogP contribution in [-0.4, -0.2) is 30.9 Å². The zero-order valence-corrected chi connectivity index (χ0v) is 12.6. The van der Waals surface area contributed by atoms with Gasteiger partial charge in [0, 0.05) is 33.1 Å². The van der Waals surface area contributed by atoms with Crippen molar-refractivity contribution in [3.8, 4) is 0 Å². The summed E-state index contributed by atoms with van der Waals surface area (Å²) in [6.07, 6.45) is 5.45. The number of nitrogens with zero attached hydrogens (tertiary/aromatic N) is 1. The van der Waals surface area contributed by atoms with Gasteiger partial charge in [-0.25, -0.2) is 0 Å². The molecule has 0 atom stereocenters. The van der Waals surface area contributed by atoms with E-state index in [0.29, 0.717) is 12.0 Å². The van der Waals surface area contributed by atoms with Gasteiger partial charge in [0.2, 0.25) is 5.91 Å². The number of amides is 1. The lowest BCUT2D eigenvalue weighted by Gasteiger charge is -2.29. The number of carbonyl (C=O) groups is 1. The Kier molecular flexibility index (Phi) is 5.60. The fourth-order valence-corrected chi connectivity index (χ4v) is 2.86. The fraction of sp³-hybridized carbons (Fsp3) is 0.588. The van der Waals surface area contributed by atoms with Crippen molar-refractivity contribution >= 4 is 5.91 Å². The Labute approximate surface area is 122 Å². The molecule has 1 aliphatic rings. The average molecular weight is 274 g/mol. The quantitative estimate of drug-likeness (QED) is 0.895. The van der Waals surface area contributed by atoms with Crippen molar-refractivity contribution in [2.45, 2.75) is 44.7 Å². The first-order chi connectivity index (χ1) is 9.65. The Morgan fingerprint density at radius 1 is 1.15 bits per heavy atom. The first kappa shape index (κ1) is 15.0. The van der Waals surface area contributed by atoms with Crippen molar-refractivity contribution in [2.75, 3.05) is 14.1 Å². The van der Waals surface area contributed by atoms with Crippen molar-refractivity contribution in [3.05, 3.63) is 35.9 Å². The lowest BCUT2D eigenvalue weighted by molar-refractivity contribution is -0.129. The van der Waals surface area contributed by atoms with Crippen LogP contribution in [0.4, 0.5) is 0 Å². The smallest absolute Gasteiger partial charge is 0.222 e. The molecule has 2 rings (SSSR count). The van der Waals surface area contributed by atoms with E-state index in [9.17, 15) is 4.79 Å². The minimum Gasteiger partial charge on any atom is -0.349 e. The molecule has 1 saturated carbocycles. The van der Waals surface area contributed by atoms with Crippen molar-refractivity contribution in [3.63, 3.8) is 0 Å². The highest BCUT2D eigenvalue weighted by Crippen LogP contribution is 2.27. The van der Waals surface area contributed by atoms with Crippen LogP contribution in [0.2, 0.25) is 0 Å². The molecule has 0 aliphatic heterocycles. The Hall–Kier alpha value is -1.35. The summed E-state index contributed by atoms with van der Waals surface area (Å²) in [6, 6.07) is 11.2. The van der Waals surface area contributed by atoms with Crippen LogP contribution < -0.4 is 5.32 Å². The fourth-order valence-electron chi connectivity index (χ4n) is 2.86. The Morgan fingerprint density at radius 3 is 2.40 bits per heavy atom. The molecule has 1 N–H and O–H groups in total. The lowest BCUT2D eigenvalue weighted by atomic mass is 9.84. The van der Waals surface area contributed by atoms with E-state index in [0.717, 1.165) is 13.0 Å². The van der Waals surface area contributed by atoms with Crippen LogP contribution in [0.15, 0.2) is 30.3 Å². The Morgan fingerprint density at radius 2 is 1.80 bits per heavy atom. The van der Waals surface area contributed by atoms with Crippen LogP contribution in [0.25, 0.3) is 0 Å². The van der Waals surface area contributed by atoms with E-state index in [2.05, 4.69) is 35.6 Å². The molecule has 20 heavy (non-hydrogen) atoms. The minimum atomic E-state index is 0.269. The van der Waals surface area contributed by atoms with E-state index in [1.807, 2.05) is 14.1 Å². The predicted octanol–water partition coefficient (Wildman–Crippen LogP) is 2.81. The second-order valence-electron chi connectivity index (χ2n) is 6.08. The third-order valence-electron chi connectivity index (χ3n) is 4.25. The highest BCUT2D eigenvalue weighted by Gasteiger charge is 2.23. The van der Waals surface area contributed by atoms with Gasteiger partial charge >= 0.3 is 0 Å². The molecule has 0 unspecified atom stereocenters. The predicted molar refractivity (Wildman–Crippen MR) is 82.3 cm³/mol. The Bertz CT molecular complexity index is 408. The van der Waals surface area contributed by atoms with Crippen molar-refractivity contribution in [2.24, 2.45) is 5.92 Å². The van der Waals surface area contributed by atoms with Crippen LogP contribution in [-0.2, 0) is 11.3 Å². The van der Waals surface area contributed by atoms with E-state index in [1.165, 1.54) is 31.2 Å². The van der Waals surface area contributed by atoms with Gasteiger partial charge in [0.05, 0.1) is 0 Å². The summed E-state index contributed by atoms with van der Waals surface area (Å²) < 4.78 is 0. The van der Waals surface area contributed by atoms with E-state index >= 15 is 0 Å². The third-order valence-corrected chi connectivity index (χ3v) is 4.25. The second kappa shape index (κ2) is 7.44. The van der Waals surface area contributed by atoms with Crippen LogP contribution in [0.1, 0.15) is 37.7 Å². The first-order valence-electron chi connectivity index (χ1n) is 7.62. The van der Waals surface area contributed by atoms with E-state index in [1.54, 1.807) is 4.90 Å². The average Bonchev–Trinajstić information content (AvgIpc) is 2.47. The first-order valence-corrected chi connectivity index (χ1v) is 7.62. The number of hydrogen-bond acceptors (Lipinski definition) is 2. The molecule has 1 amide bonds. The molecule has 3 nitrogen and oxygen atoms in total. The molecule has 0 saturated heterocycles. The van der Waals surface area contributed by atoms with E-state index < -0.39 is 0 Å². The van der Waals surface area contributed by atoms with Crippen LogP contribution in [0.3, 0.4) is 0 Å². The van der Waals surface area contributed by atoms with Crippen LogP contribution in [0.5, 0.6) is 0 Å². The molecular formula is C17H26N2O. The van der Waals surface area contributed by atoms with E-state index in [4.69, 9.17) is 0 Å². The molecule has 0 bridgehead atoms. The van der Waals surface area contributed by atoms with Crippen molar-refractivity contribution < 1.29 is 4.79 Å². The maximum Gasteiger partial charge on any atom is 0.222 e. The lowest BCUT2D eigenvalue weighted by Crippen LogP contribution is -2.34. The summed E-state index contributed by atoms with van der Waals surface area (Å²) >= 11 is 0. The maximum atomic E-state index is 11.7. The molecule has 0 aromatic heterocycles. The molecule has 1 aromatic rings. The monoisotopic (exact) mass is 274 g/mol. The molecular weight excluding hydrogens is 248 g/mol. The van der Waals surface area contributed by atoms with Gasteiger partial charge in [-0.05, 0) is 37.2 Å². The van der Waals surface area contributed by atoms with Crippen LogP contribution >= 0.6 is 0 Å². The second-order valence-corrected chi connectivity index (χ2v) is 6.08. The maximum absolute atomic E-state index is 11.7. The largest absolute Gasteiger partial charge is 0.349 e. The van der Waals surface area contributed by atoms with Crippen molar-refractivity contribution in [1.82, 2.24) is 10.2 Å². The number of carbonyl (C=O) groups excluding carboxylic acids is 1. The van der Waals surface area contributed by atoms with Gasteiger partial charge in [0.15, 0.2) is 0 Å². The normalized spacial score (nSPS) is 22.5. The minimum absolute atomic E-state index is 0.269. The van der Waals surface area contributed by atoms with Gasteiger partial charge in [0.1, 0.15) is 0 Å². The zero-order chi connectivity index (χ0) is 14.4. The molecule has 0 heterocycles. The summed E-state index contributed by atoms with van der Waals surface area (Å²) in [4.78, 5) is 13.4. The van der Waals surface area contributed by atoms with Gasteiger partial charge in [0.25, 0.3) is 0 Å². The standard InChI is InChI=1S/C17H26N2O/c1-19(2)17(20)12-14-8-10-16(11-9-14)18-13-15-6-4-3-5-7-15/h3-7,14,16,18H,8-13H2,1-2H3. The highest BCUT2D eigenvalue weighted by molar-refractivity contribution is 5.75.